The summed E-state index contributed by atoms with van der Waals surface area (Å²) in [6.07, 6.45) is 1.93. The molecule has 26 heavy (non-hydrogen) atoms. The molecule has 0 saturated carbocycles. The summed E-state index contributed by atoms with van der Waals surface area (Å²) >= 11 is 0. The minimum atomic E-state index is -3.60. The number of hydrazone groups is 1. The Morgan fingerprint density at radius 2 is 1.69 bits per heavy atom. The van der Waals surface area contributed by atoms with Gasteiger partial charge in [0.25, 0.3) is 5.91 Å². The van der Waals surface area contributed by atoms with Gasteiger partial charge in [-0.15, -0.1) is 0 Å². The number of hydrogen-bond donors (Lipinski definition) is 1. The van der Waals surface area contributed by atoms with Crippen molar-refractivity contribution < 1.29 is 13.2 Å². The third-order valence-electron chi connectivity index (χ3n) is 3.86. The third-order valence-corrected chi connectivity index (χ3v) is 5.00. The molecular weight excluding hydrogens is 350 g/mol. The first-order valence-electron chi connectivity index (χ1n) is 8.26. The molecule has 0 fully saturated rings. The number of benzene rings is 2. The average molecular weight is 373 g/mol. The highest BCUT2D eigenvalue weighted by molar-refractivity contribution is 7.92. The molecule has 0 aliphatic carbocycles. The Labute approximate surface area is 154 Å². The number of nitrogens with one attached hydrogen (secondary N) is 1. The van der Waals surface area contributed by atoms with E-state index in [1.807, 2.05) is 49.4 Å². The van der Waals surface area contributed by atoms with Gasteiger partial charge >= 0.3 is 0 Å². The van der Waals surface area contributed by atoms with E-state index in [0.717, 1.165) is 28.1 Å². The number of nitrogens with zero attached hydrogens (tertiary/aromatic N) is 2. The molecule has 6 nitrogen and oxygen atoms in total. The summed E-state index contributed by atoms with van der Waals surface area (Å²) in [6, 6.07) is 16.5. The van der Waals surface area contributed by atoms with Gasteiger partial charge in [0.15, 0.2) is 0 Å². The van der Waals surface area contributed by atoms with Gasteiger partial charge in [-0.3, -0.25) is 9.10 Å². The van der Waals surface area contributed by atoms with Crippen LogP contribution in [0.2, 0.25) is 0 Å². The summed E-state index contributed by atoms with van der Waals surface area (Å²) in [7, 11) is -3.60. The van der Waals surface area contributed by atoms with Crippen LogP contribution in [0.3, 0.4) is 0 Å². The van der Waals surface area contributed by atoms with E-state index >= 15 is 0 Å². The first-order chi connectivity index (χ1) is 12.3. The van der Waals surface area contributed by atoms with Gasteiger partial charge in [0.2, 0.25) is 10.0 Å². The van der Waals surface area contributed by atoms with E-state index in [0.29, 0.717) is 11.4 Å². The summed E-state index contributed by atoms with van der Waals surface area (Å²) in [5.74, 6) is -0.509. The third kappa shape index (κ3) is 5.42. The molecule has 0 radical (unpaired) electrons. The highest BCUT2D eigenvalue weighted by atomic mass is 32.2. The van der Waals surface area contributed by atoms with Gasteiger partial charge in [-0.1, -0.05) is 49.4 Å². The van der Waals surface area contributed by atoms with Gasteiger partial charge in [0, 0.05) is 0 Å². The minimum absolute atomic E-state index is 0.337. The molecule has 0 spiro atoms. The van der Waals surface area contributed by atoms with E-state index in [-0.39, 0.29) is 6.54 Å². The highest BCUT2D eigenvalue weighted by Crippen LogP contribution is 2.18. The number of amides is 1. The molecule has 1 amide bonds. The average Bonchev–Trinajstić information content (AvgIpc) is 2.64. The molecule has 1 N–H and O–H groups in total. The summed E-state index contributed by atoms with van der Waals surface area (Å²) in [5.41, 5.74) is 5.47. The van der Waals surface area contributed by atoms with Crippen LogP contribution in [0.15, 0.2) is 59.7 Å². The van der Waals surface area contributed by atoms with Gasteiger partial charge in [-0.25, -0.2) is 13.8 Å². The molecule has 7 heteroatoms. The van der Waals surface area contributed by atoms with Gasteiger partial charge in [-0.05, 0) is 36.6 Å². The second-order valence-electron chi connectivity index (χ2n) is 5.89. The van der Waals surface area contributed by atoms with E-state index in [4.69, 9.17) is 0 Å². The summed E-state index contributed by atoms with van der Waals surface area (Å²) in [6.45, 7) is 3.45. The lowest BCUT2D eigenvalue weighted by Gasteiger charge is -2.21. The van der Waals surface area contributed by atoms with Crippen LogP contribution >= 0.6 is 0 Å². The Bertz CT molecular complexity index is 876. The van der Waals surface area contributed by atoms with Crippen LogP contribution in [-0.4, -0.2) is 32.8 Å². The first-order valence-corrected chi connectivity index (χ1v) is 10.1. The summed E-state index contributed by atoms with van der Waals surface area (Å²) < 4.78 is 25.2. The van der Waals surface area contributed by atoms with Crippen LogP contribution in [0.5, 0.6) is 0 Å². The Morgan fingerprint density at radius 1 is 1.08 bits per heavy atom. The van der Waals surface area contributed by atoms with E-state index in [1.54, 1.807) is 19.1 Å². The topological polar surface area (TPSA) is 78.8 Å². The van der Waals surface area contributed by atoms with Crippen LogP contribution in [-0.2, 0) is 21.2 Å². The van der Waals surface area contributed by atoms with Crippen molar-refractivity contribution in [2.45, 2.75) is 20.3 Å². The van der Waals surface area contributed by atoms with Crippen molar-refractivity contribution in [3.05, 3.63) is 65.7 Å². The van der Waals surface area contributed by atoms with Crippen molar-refractivity contribution >= 4 is 27.3 Å². The predicted octanol–water partition coefficient (Wildman–Crippen LogP) is 2.56. The van der Waals surface area contributed by atoms with Crippen molar-refractivity contribution in [2.24, 2.45) is 5.10 Å². The number of rotatable bonds is 7. The maximum Gasteiger partial charge on any atom is 0.260 e. The van der Waals surface area contributed by atoms with E-state index in [2.05, 4.69) is 10.5 Å². The minimum Gasteiger partial charge on any atom is -0.271 e. The molecule has 0 unspecified atom stereocenters. The Balaban J connectivity index is 2.12. The van der Waals surface area contributed by atoms with Crippen molar-refractivity contribution in [2.75, 3.05) is 17.1 Å². The number of carbonyl (C=O) groups is 1. The number of hydrogen-bond acceptors (Lipinski definition) is 4. The molecule has 0 aromatic heterocycles. The number of sulfonamides is 1. The fourth-order valence-corrected chi connectivity index (χ4v) is 3.21. The van der Waals surface area contributed by atoms with Crippen molar-refractivity contribution in [3.8, 4) is 0 Å². The molecule has 2 aromatic carbocycles. The zero-order valence-electron chi connectivity index (χ0n) is 15.1. The van der Waals surface area contributed by atoms with Crippen LogP contribution in [0.4, 0.5) is 5.69 Å². The fraction of sp³-hybridized carbons (Fsp3) is 0.263. The van der Waals surface area contributed by atoms with Crippen LogP contribution in [0, 0.1) is 0 Å². The number of anilines is 1. The van der Waals surface area contributed by atoms with Gasteiger partial charge < -0.3 is 0 Å². The second kappa shape index (κ2) is 8.62. The molecule has 2 rings (SSSR count). The van der Waals surface area contributed by atoms with Crippen molar-refractivity contribution in [3.63, 3.8) is 0 Å². The van der Waals surface area contributed by atoms with Gasteiger partial charge in [0.1, 0.15) is 6.54 Å². The Morgan fingerprint density at radius 3 is 2.23 bits per heavy atom. The number of aryl methyl sites for hydroxylation is 1. The maximum absolute atomic E-state index is 12.2. The van der Waals surface area contributed by atoms with E-state index in [9.17, 15) is 13.2 Å². The zero-order valence-corrected chi connectivity index (χ0v) is 16.0. The SMILES string of the molecule is CCc1ccc(N(CC(=O)N/N=C(/C)c2ccccc2)S(C)(=O)=O)cc1. The molecular formula is C19H23N3O3S. The smallest absolute Gasteiger partial charge is 0.260 e. The normalized spacial score (nSPS) is 11.9. The molecule has 0 bridgehead atoms. The Kier molecular flexibility index (Phi) is 6.52. The summed E-state index contributed by atoms with van der Waals surface area (Å²) in [5, 5.41) is 4.05. The van der Waals surface area contributed by atoms with E-state index < -0.39 is 15.9 Å². The monoisotopic (exact) mass is 373 g/mol. The van der Waals surface area contributed by atoms with Gasteiger partial charge in [0.05, 0.1) is 17.7 Å². The lowest BCUT2D eigenvalue weighted by molar-refractivity contribution is -0.119. The molecule has 138 valence electrons. The van der Waals surface area contributed by atoms with E-state index in [1.165, 1.54) is 0 Å². The lowest BCUT2D eigenvalue weighted by Crippen LogP contribution is -2.39. The number of carbonyl (C=O) groups excluding carboxylic acids is 1. The van der Waals surface area contributed by atoms with Crippen LogP contribution in [0.25, 0.3) is 0 Å². The Hall–Kier alpha value is -2.67. The fourth-order valence-electron chi connectivity index (χ4n) is 2.35. The van der Waals surface area contributed by atoms with Crippen LogP contribution < -0.4 is 9.73 Å². The van der Waals surface area contributed by atoms with Crippen molar-refractivity contribution in [1.29, 1.82) is 0 Å². The van der Waals surface area contributed by atoms with Crippen LogP contribution in [0.1, 0.15) is 25.0 Å². The van der Waals surface area contributed by atoms with Gasteiger partial charge in [-0.2, -0.15) is 5.10 Å². The largest absolute Gasteiger partial charge is 0.271 e. The molecule has 2 aromatic rings. The molecule has 0 atom stereocenters. The molecule has 0 heterocycles. The zero-order chi connectivity index (χ0) is 19.2. The lowest BCUT2D eigenvalue weighted by atomic mass is 10.1. The maximum atomic E-state index is 12.2. The summed E-state index contributed by atoms with van der Waals surface area (Å²) in [4.78, 5) is 12.2. The second-order valence-corrected chi connectivity index (χ2v) is 7.79. The highest BCUT2D eigenvalue weighted by Gasteiger charge is 2.20. The first kappa shape index (κ1) is 19.7. The molecule has 0 aliphatic rings. The standard InChI is InChI=1S/C19H23N3O3S/c1-4-16-10-12-18(13-11-16)22(26(3,24)25)14-19(23)21-20-15(2)17-8-6-5-7-9-17/h5-13H,4,14H2,1-3H3,(H,21,23)/b20-15-. The predicted molar refractivity (Wildman–Crippen MR) is 105 cm³/mol. The quantitative estimate of drug-likeness (QED) is 0.598. The molecule has 0 saturated heterocycles. The molecule has 0 aliphatic heterocycles. The van der Waals surface area contributed by atoms with Crippen molar-refractivity contribution in [1.82, 2.24) is 5.43 Å².